The lowest BCUT2D eigenvalue weighted by Gasteiger charge is -2.26. The van der Waals surface area contributed by atoms with Crippen LogP contribution in [0.15, 0.2) is 48.6 Å². The van der Waals surface area contributed by atoms with Gasteiger partial charge in [-0.2, -0.15) is 0 Å². The van der Waals surface area contributed by atoms with E-state index in [1.165, 1.54) is 69.8 Å². The Bertz CT molecular complexity index is 1120. The summed E-state index contributed by atoms with van der Waals surface area (Å²) in [6.45, 7) is 4.40. The standard InChI is InChI=1S/C38H50F2/c1-3-5-7-9-29-11-13-30(14-12-29)15-16-31-17-19-32(20-18-31)21-22-33-23-25-34(26-24-33)36-28-27-35(10-8-6-4-2)37(39)38(36)40/h17,19,23-32H,3-14,18,20-22H2,1-2H3. The molecule has 0 heterocycles. The van der Waals surface area contributed by atoms with Gasteiger partial charge in [0.25, 0.3) is 0 Å². The SMILES string of the molecule is CCCCCc1ccc(-c2ccc(CCC3C=CC(C#CC4CCC(CCCCC)CC4)CC3)cc2)c(F)c1F. The molecule has 0 aromatic heterocycles. The third-order valence-corrected chi connectivity index (χ3v) is 9.28. The molecular formula is C38H50F2. The van der Waals surface area contributed by atoms with E-state index >= 15 is 0 Å². The van der Waals surface area contributed by atoms with Crippen molar-refractivity contribution in [1.82, 2.24) is 0 Å². The van der Waals surface area contributed by atoms with Crippen LogP contribution in [0.5, 0.6) is 0 Å². The van der Waals surface area contributed by atoms with E-state index in [9.17, 15) is 8.78 Å². The summed E-state index contributed by atoms with van der Waals surface area (Å²) in [6.07, 6.45) is 23.7. The monoisotopic (exact) mass is 544 g/mol. The second-order valence-corrected chi connectivity index (χ2v) is 12.4. The molecule has 0 amide bonds. The predicted molar refractivity (Wildman–Crippen MR) is 166 cm³/mol. The van der Waals surface area contributed by atoms with Crippen molar-refractivity contribution in [2.75, 3.05) is 0 Å². The molecule has 2 aromatic carbocycles. The summed E-state index contributed by atoms with van der Waals surface area (Å²) in [6, 6.07) is 11.5. The number of hydrogen-bond donors (Lipinski definition) is 0. The highest BCUT2D eigenvalue weighted by Gasteiger charge is 2.20. The van der Waals surface area contributed by atoms with Gasteiger partial charge in [-0.05, 0) is 92.7 Å². The molecule has 0 spiro atoms. The first kappa shape index (κ1) is 30.6. The molecule has 0 bridgehead atoms. The Hall–Kier alpha value is -2.40. The van der Waals surface area contributed by atoms with E-state index in [1.807, 2.05) is 12.1 Å². The van der Waals surface area contributed by atoms with Crippen LogP contribution < -0.4 is 0 Å². The van der Waals surface area contributed by atoms with Crippen LogP contribution in [0.25, 0.3) is 11.1 Å². The second-order valence-electron chi connectivity index (χ2n) is 12.4. The minimum atomic E-state index is -0.721. The van der Waals surface area contributed by atoms with Crippen molar-refractivity contribution in [2.24, 2.45) is 23.7 Å². The third kappa shape index (κ3) is 9.06. The molecule has 2 aliphatic carbocycles. The van der Waals surface area contributed by atoms with Gasteiger partial charge in [0.05, 0.1) is 0 Å². The lowest BCUT2D eigenvalue weighted by molar-refractivity contribution is 0.294. The van der Waals surface area contributed by atoms with Crippen LogP contribution in [0.2, 0.25) is 0 Å². The van der Waals surface area contributed by atoms with E-state index in [0.717, 1.165) is 43.6 Å². The van der Waals surface area contributed by atoms with Crippen LogP contribution in [0.3, 0.4) is 0 Å². The van der Waals surface area contributed by atoms with E-state index < -0.39 is 11.6 Å². The highest BCUT2D eigenvalue weighted by atomic mass is 19.2. The average molecular weight is 545 g/mol. The van der Waals surface area contributed by atoms with E-state index in [2.05, 4.69) is 50.0 Å². The van der Waals surface area contributed by atoms with E-state index in [4.69, 9.17) is 0 Å². The van der Waals surface area contributed by atoms with Crippen LogP contribution in [-0.2, 0) is 12.8 Å². The summed E-state index contributed by atoms with van der Waals surface area (Å²) in [5.41, 5.74) is 2.83. The fourth-order valence-corrected chi connectivity index (χ4v) is 6.52. The zero-order valence-corrected chi connectivity index (χ0v) is 25.0. The minimum Gasteiger partial charge on any atom is -0.203 e. The molecule has 216 valence electrons. The van der Waals surface area contributed by atoms with Crippen molar-refractivity contribution < 1.29 is 8.78 Å². The number of benzene rings is 2. The first-order chi connectivity index (χ1) is 19.6. The normalized spacial score (nSPS) is 22.6. The van der Waals surface area contributed by atoms with Gasteiger partial charge in [-0.25, -0.2) is 8.78 Å². The number of rotatable bonds is 12. The van der Waals surface area contributed by atoms with E-state index in [1.54, 1.807) is 12.1 Å². The number of hydrogen-bond acceptors (Lipinski definition) is 0. The summed E-state index contributed by atoms with van der Waals surface area (Å²) in [7, 11) is 0. The summed E-state index contributed by atoms with van der Waals surface area (Å²) in [5.74, 6) is 8.43. The largest absolute Gasteiger partial charge is 0.203 e. The molecule has 1 fully saturated rings. The van der Waals surface area contributed by atoms with Crippen molar-refractivity contribution >= 4 is 0 Å². The fourth-order valence-electron chi connectivity index (χ4n) is 6.52. The summed E-state index contributed by atoms with van der Waals surface area (Å²) in [5, 5.41) is 0. The van der Waals surface area contributed by atoms with Gasteiger partial charge in [-0.3, -0.25) is 0 Å². The fraction of sp³-hybridized carbons (Fsp3) is 0.579. The minimum absolute atomic E-state index is 0.352. The van der Waals surface area contributed by atoms with Gasteiger partial charge < -0.3 is 0 Å². The Kier molecular flexibility index (Phi) is 12.3. The first-order valence-corrected chi connectivity index (χ1v) is 16.3. The maximum absolute atomic E-state index is 14.8. The van der Waals surface area contributed by atoms with E-state index in [0.29, 0.717) is 35.3 Å². The van der Waals surface area contributed by atoms with Crippen molar-refractivity contribution in [2.45, 2.75) is 117 Å². The highest BCUT2D eigenvalue weighted by Crippen LogP contribution is 2.33. The number of unbranched alkanes of at least 4 members (excludes halogenated alkanes) is 4. The third-order valence-electron chi connectivity index (χ3n) is 9.28. The van der Waals surface area contributed by atoms with Crippen molar-refractivity contribution in [1.29, 1.82) is 0 Å². The van der Waals surface area contributed by atoms with Crippen LogP contribution in [0, 0.1) is 47.1 Å². The lowest BCUT2D eigenvalue weighted by atomic mass is 9.79. The molecule has 0 radical (unpaired) electrons. The molecule has 2 unspecified atom stereocenters. The molecule has 2 aromatic rings. The van der Waals surface area contributed by atoms with Gasteiger partial charge in [0.1, 0.15) is 0 Å². The smallest absolute Gasteiger partial charge is 0.166 e. The summed E-state index contributed by atoms with van der Waals surface area (Å²) in [4.78, 5) is 0. The molecule has 0 nitrogen and oxygen atoms in total. The lowest BCUT2D eigenvalue weighted by Crippen LogP contribution is -2.14. The number of aryl methyl sites for hydroxylation is 2. The van der Waals surface area contributed by atoms with Crippen molar-refractivity contribution in [3.05, 3.63) is 71.3 Å². The molecule has 2 aliphatic rings. The molecule has 1 saturated carbocycles. The molecular weight excluding hydrogens is 494 g/mol. The number of allylic oxidation sites excluding steroid dienone is 2. The Morgan fingerprint density at radius 2 is 1.43 bits per heavy atom. The van der Waals surface area contributed by atoms with Gasteiger partial charge in [-0.1, -0.05) is 113 Å². The van der Waals surface area contributed by atoms with Gasteiger partial charge >= 0.3 is 0 Å². The van der Waals surface area contributed by atoms with Gasteiger partial charge in [0.2, 0.25) is 0 Å². The summed E-state index contributed by atoms with van der Waals surface area (Å²) < 4.78 is 29.4. The van der Waals surface area contributed by atoms with Crippen LogP contribution in [-0.4, -0.2) is 0 Å². The van der Waals surface area contributed by atoms with Gasteiger partial charge in [0.15, 0.2) is 11.6 Å². The van der Waals surface area contributed by atoms with Gasteiger partial charge in [-0.15, -0.1) is 0 Å². The zero-order chi connectivity index (χ0) is 28.2. The highest BCUT2D eigenvalue weighted by molar-refractivity contribution is 5.65. The van der Waals surface area contributed by atoms with E-state index in [-0.39, 0.29) is 0 Å². The Labute approximate surface area is 243 Å². The maximum atomic E-state index is 14.8. The Morgan fingerprint density at radius 1 is 0.675 bits per heavy atom. The predicted octanol–water partition coefficient (Wildman–Crippen LogP) is 11.3. The maximum Gasteiger partial charge on any atom is 0.166 e. The quantitative estimate of drug-likeness (QED) is 0.142. The van der Waals surface area contributed by atoms with Crippen molar-refractivity contribution in [3.63, 3.8) is 0 Å². The topological polar surface area (TPSA) is 0 Å². The molecule has 2 heteroatoms. The average Bonchev–Trinajstić information content (AvgIpc) is 2.99. The van der Waals surface area contributed by atoms with Crippen LogP contribution in [0.4, 0.5) is 8.78 Å². The Morgan fingerprint density at radius 3 is 2.12 bits per heavy atom. The van der Waals surface area contributed by atoms with Crippen molar-refractivity contribution in [3.8, 4) is 23.0 Å². The number of halogens is 2. The zero-order valence-electron chi connectivity index (χ0n) is 25.0. The van der Waals surface area contributed by atoms with Crippen LogP contribution >= 0.6 is 0 Å². The molecule has 0 N–H and O–H groups in total. The van der Waals surface area contributed by atoms with Crippen LogP contribution in [0.1, 0.15) is 115 Å². The molecule has 4 rings (SSSR count). The summed E-state index contributed by atoms with van der Waals surface area (Å²) >= 11 is 0. The molecule has 40 heavy (non-hydrogen) atoms. The second kappa shape index (κ2) is 16.1. The first-order valence-electron chi connectivity index (χ1n) is 16.3. The molecule has 0 aliphatic heterocycles. The molecule has 0 saturated heterocycles. The van der Waals surface area contributed by atoms with Gasteiger partial charge in [0, 0.05) is 17.4 Å². The molecule has 2 atom stereocenters. The Balaban J connectivity index is 1.21.